The molecule has 1 saturated heterocycles. The van der Waals surface area contributed by atoms with Crippen LogP contribution in [0.25, 0.3) is 0 Å². The van der Waals surface area contributed by atoms with Crippen LogP contribution in [-0.4, -0.2) is 23.8 Å². The highest BCUT2D eigenvalue weighted by molar-refractivity contribution is 6.10. The Morgan fingerprint density at radius 2 is 1.73 bits per heavy atom. The maximum atomic E-state index is 12.6. The predicted octanol–water partition coefficient (Wildman–Crippen LogP) is 2.36. The standard InChI is InChI=1S/C18H16N2O2/c1-20-17(22)13-11-18(20,12-7-3-2-4-8-12)14-9-5-6-10-15(14)19-16(13)21/h2-10,13H,11H2,1H3,(H,19,21)/t13-,18+/m1/s1. The van der Waals surface area contributed by atoms with Crippen LogP contribution in [0.15, 0.2) is 54.6 Å². The molecule has 4 heteroatoms. The van der Waals surface area contributed by atoms with Crippen molar-refractivity contribution in [3.05, 3.63) is 65.7 Å². The molecular formula is C18H16N2O2. The lowest BCUT2D eigenvalue weighted by Crippen LogP contribution is -2.43. The van der Waals surface area contributed by atoms with Crippen LogP contribution in [0.5, 0.6) is 0 Å². The summed E-state index contributed by atoms with van der Waals surface area (Å²) in [7, 11) is 1.80. The maximum absolute atomic E-state index is 12.6. The molecule has 1 fully saturated rings. The summed E-state index contributed by atoms with van der Waals surface area (Å²) in [5, 5.41) is 2.91. The third kappa shape index (κ3) is 1.52. The van der Waals surface area contributed by atoms with Gasteiger partial charge in [0.15, 0.2) is 0 Å². The van der Waals surface area contributed by atoms with Gasteiger partial charge in [0, 0.05) is 18.3 Å². The Kier molecular flexibility index (Phi) is 2.64. The molecule has 22 heavy (non-hydrogen) atoms. The van der Waals surface area contributed by atoms with E-state index in [9.17, 15) is 9.59 Å². The molecule has 2 amide bonds. The van der Waals surface area contributed by atoms with Gasteiger partial charge < -0.3 is 10.2 Å². The van der Waals surface area contributed by atoms with E-state index in [1.54, 1.807) is 11.9 Å². The molecule has 0 unspecified atom stereocenters. The number of hydrogen-bond acceptors (Lipinski definition) is 2. The molecule has 0 aromatic heterocycles. The fourth-order valence-corrected chi connectivity index (χ4v) is 3.79. The monoisotopic (exact) mass is 292 g/mol. The number of amides is 2. The zero-order chi connectivity index (χ0) is 15.3. The SMILES string of the molecule is CN1C(=O)[C@@H]2C[C@]1(c1ccccc1)c1ccccc1NC2=O. The highest BCUT2D eigenvalue weighted by Crippen LogP contribution is 2.50. The third-order valence-corrected chi connectivity index (χ3v) is 4.90. The molecule has 2 atom stereocenters. The van der Waals surface area contributed by atoms with Crippen LogP contribution in [0.2, 0.25) is 0 Å². The molecule has 2 aliphatic rings. The van der Waals surface area contributed by atoms with Gasteiger partial charge in [-0.1, -0.05) is 48.5 Å². The average Bonchev–Trinajstić information content (AvgIpc) is 2.74. The van der Waals surface area contributed by atoms with E-state index in [-0.39, 0.29) is 11.8 Å². The summed E-state index contributed by atoms with van der Waals surface area (Å²) in [4.78, 5) is 26.7. The molecule has 0 saturated carbocycles. The Bertz CT molecular complexity index is 772. The zero-order valence-electron chi connectivity index (χ0n) is 12.2. The Balaban J connectivity index is 2.05. The lowest BCUT2D eigenvalue weighted by atomic mass is 9.79. The third-order valence-electron chi connectivity index (χ3n) is 4.90. The number of carbonyl (C=O) groups excluding carboxylic acids is 2. The first-order chi connectivity index (χ1) is 10.6. The number of para-hydroxylation sites is 1. The van der Waals surface area contributed by atoms with Crippen LogP contribution in [0, 0.1) is 5.92 Å². The second-order valence-corrected chi connectivity index (χ2v) is 5.92. The van der Waals surface area contributed by atoms with Gasteiger partial charge in [-0.3, -0.25) is 9.59 Å². The smallest absolute Gasteiger partial charge is 0.237 e. The minimum absolute atomic E-state index is 0.115. The molecule has 1 N–H and O–H groups in total. The summed E-state index contributed by atoms with van der Waals surface area (Å²) in [6.45, 7) is 0. The second-order valence-electron chi connectivity index (χ2n) is 5.92. The van der Waals surface area contributed by atoms with Crippen LogP contribution in [0.3, 0.4) is 0 Å². The Morgan fingerprint density at radius 1 is 1.05 bits per heavy atom. The summed E-state index contributed by atoms with van der Waals surface area (Å²) < 4.78 is 0. The molecule has 110 valence electrons. The Hall–Kier alpha value is -2.62. The van der Waals surface area contributed by atoms with Crippen molar-refractivity contribution in [3.8, 4) is 0 Å². The van der Waals surface area contributed by atoms with Gasteiger partial charge in [0.1, 0.15) is 5.92 Å². The lowest BCUT2D eigenvalue weighted by Gasteiger charge is -2.38. The predicted molar refractivity (Wildman–Crippen MR) is 83.2 cm³/mol. The van der Waals surface area contributed by atoms with Crippen molar-refractivity contribution in [2.24, 2.45) is 5.92 Å². The molecule has 2 aliphatic heterocycles. The van der Waals surface area contributed by atoms with E-state index < -0.39 is 11.5 Å². The van der Waals surface area contributed by atoms with Gasteiger partial charge in [0.05, 0.1) is 5.54 Å². The number of nitrogens with zero attached hydrogens (tertiary/aromatic N) is 1. The summed E-state index contributed by atoms with van der Waals surface area (Å²) in [5.41, 5.74) is 2.22. The maximum Gasteiger partial charge on any atom is 0.237 e. The van der Waals surface area contributed by atoms with Crippen molar-refractivity contribution in [1.29, 1.82) is 0 Å². The highest BCUT2D eigenvalue weighted by atomic mass is 16.2. The van der Waals surface area contributed by atoms with E-state index in [1.807, 2.05) is 54.6 Å². The van der Waals surface area contributed by atoms with Crippen molar-refractivity contribution < 1.29 is 9.59 Å². The second kappa shape index (κ2) is 4.44. The number of nitrogens with one attached hydrogen (secondary N) is 1. The molecule has 0 spiro atoms. The van der Waals surface area contributed by atoms with Crippen LogP contribution < -0.4 is 5.32 Å². The van der Waals surface area contributed by atoms with Gasteiger partial charge in [-0.05, 0) is 18.1 Å². The first-order valence-corrected chi connectivity index (χ1v) is 7.38. The van der Waals surface area contributed by atoms with Crippen LogP contribution in [-0.2, 0) is 15.1 Å². The van der Waals surface area contributed by atoms with Crippen LogP contribution >= 0.6 is 0 Å². The minimum Gasteiger partial charge on any atom is -0.331 e. The molecule has 4 rings (SSSR count). The van der Waals surface area contributed by atoms with E-state index in [4.69, 9.17) is 0 Å². The fourth-order valence-electron chi connectivity index (χ4n) is 3.79. The van der Waals surface area contributed by atoms with E-state index in [0.717, 1.165) is 16.8 Å². The van der Waals surface area contributed by atoms with Crippen molar-refractivity contribution in [1.82, 2.24) is 4.90 Å². The first-order valence-electron chi connectivity index (χ1n) is 7.38. The number of hydrogen-bond donors (Lipinski definition) is 1. The molecule has 0 aliphatic carbocycles. The summed E-state index contributed by atoms with van der Waals surface area (Å²) in [5.74, 6) is -0.951. The summed E-state index contributed by atoms with van der Waals surface area (Å²) >= 11 is 0. The fraction of sp³-hybridized carbons (Fsp3) is 0.222. The van der Waals surface area contributed by atoms with Crippen molar-refractivity contribution in [2.75, 3.05) is 12.4 Å². The molecule has 2 bridgehead atoms. The number of rotatable bonds is 1. The zero-order valence-corrected chi connectivity index (χ0v) is 12.2. The number of anilines is 1. The van der Waals surface area contributed by atoms with E-state index >= 15 is 0 Å². The quantitative estimate of drug-likeness (QED) is 0.820. The Labute approximate surface area is 128 Å². The van der Waals surface area contributed by atoms with Gasteiger partial charge in [-0.15, -0.1) is 0 Å². The molecule has 2 aromatic carbocycles. The van der Waals surface area contributed by atoms with Crippen LogP contribution in [0.1, 0.15) is 17.5 Å². The summed E-state index contributed by atoms with van der Waals surface area (Å²) in [6.07, 6.45) is 0.481. The number of benzene rings is 2. The molecule has 2 heterocycles. The molecular weight excluding hydrogens is 276 g/mol. The van der Waals surface area contributed by atoms with Crippen molar-refractivity contribution in [2.45, 2.75) is 12.0 Å². The van der Waals surface area contributed by atoms with Crippen molar-refractivity contribution >= 4 is 17.5 Å². The van der Waals surface area contributed by atoms with E-state index in [0.29, 0.717) is 6.42 Å². The largest absolute Gasteiger partial charge is 0.331 e. The van der Waals surface area contributed by atoms with Crippen molar-refractivity contribution in [3.63, 3.8) is 0 Å². The van der Waals surface area contributed by atoms with Gasteiger partial charge in [0.25, 0.3) is 0 Å². The number of likely N-dealkylation sites (tertiary alicyclic amines) is 1. The molecule has 4 nitrogen and oxygen atoms in total. The van der Waals surface area contributed by atoms with Gasteiger partial charge in [-0.2, -0.15) is 0 Å². The minimum atomic E-state index is -0.627. The van der Waals surface area contributed by atoms with Gasteiger partial charge >= 0.3 is 0 Å². The van der Waals surface area contributed by atoms with Crippen LogP contribution in [0.4, 0.5) is 5.69 Å². The van der Waals surface area contributed by atoms with Gasteiger partial charge in [-0.25, -0.2) is 0 Å². The number of carbonyl (C=O) groups is 2. The highest BCUT2D eigenvalue weighted by Gasteiger charge is 2.56. The average molecular weight is 292 g/mol. The topological polar surface area (TPSA) is 49.4 Å². The number of fused-ring (bicyclic) bond motifs is 4. The molecule has 0 radical (unpaired) electrons. The van der Waals surface area contributed by atoms with E-state index in [1.165, 1.54) is 0 Å². The normalized spacial score (nSPS) is 26.4. The first kappa shape index (κ1) is 13.1. The Morgan fingerprint density at radius 3 is 2.50 bits per heavy atom. The van der Waals surface area contributed by atoms with Gasteiger partial charge in [0.2, 0.25) is 11.8 Å². The summed E-state index contributed by atoms with van der Waals surface area (Å²) in [6, 6.07) is 17.7. The molecule has 2 aromatic rings. The van der Waals surface area contributed by atoms with E-state index in [2.05, 4.69) is 5.32 Å². The lowest BCUT2D eigenvalue weighted by molar-refractivity contribution is -0.136.